The molecule has 4 aromatic rings. The third-order valence-corrected chi connectivity index (χ3v) is 4.84. The SMILES string of the molecule is Cc1nc(-c2ccccc2)sc1-c1nc2ccccn2c1N=O. The van der Waals surface area contributed by atoms with Crippen molar-refractivity contribution < 1.29 is 0 Å². The van der Waals surface area contributed by atoms with Gasteiger partial charge in [0, 0.05) is 11.8 Å². The van der Waals surface area contributed by atoms with Crippen LogP contribution in [0.2, 0.25) is 0 Å². The Morgan fingerprint density at radius 3 is 2.61 bits per heavy atom. The molecule has 112 valence electrons. The Labute approximate surface area is 136 Å². The van der Waals surface area contributed by atoms with Crippen molar-refractivity contribution in [1.29, 1.82) is 0 Å². The number of aryl methyl sites for hydroxylation is 1. The first-order chi connectivity index (χ1) is 11.3. The zero-order chi connectivity index (χ0) is 15.8. The van der Waals surface area contributed by atoms with Crippen LogP contribution in [-0.2, 0) is 0 Å². The van der Waals surface area contributed by atoms with Gasteiger partial charge in [-0.1, -0.05) is 36.4 Å². The van der Waals surface area contributed by atoms with Gasteiger partial charge in [-0.3, -0.25) is 4.40 Å². The van der Waals surface area contributed by atoms with Crippen LogP contribution in [0.4, 0.5) is 5.82 Å². The number of nitrogens with zero attached hydrogens (tertiary/aromatic N) is 4. The molecule has 3 heterocycles. The van der Waals surface area contributed by atoms with Crippen molar-refractivity contribution in [2.75, 3.05) is 0 Å². The van der Waals surface area contributed by atoms with Gasteiger partial charge in [-0.05, 0) is 24.2 Å². The molecule has 4 rings (SSSR count). The number of hydrogen-bond acceptors (Lipinski definition) is 5. The van der Waals surface area contributed by atoms with Crippen LogP contribution >= 0.6 is 11.3 Å². The Kier molecular flexibility index (Phi) is 3.24. The first-order valence-corrected chi connectivity index (χ1v) is 7.93. The summed E-state index contributed by atoms with van der Waals surface area (Å²) in [5, 5.41) is 4.10. The second-order valence-corrected chi connectivity index (χ2v) is 6.10. The zero-order valence-electron chi connectivity index (χ0n) is 12.3. The molecule has 3 aromatic heterocycles. The molecule has 0 N–H and O–H groups in total. The van der Waals surface area contributed by atoms with Crippen molar-refractivity contribution in [2.45, 2.75) is 6.92 Å². The van der Waals surface area contributed by atoms with Crippen LogP contribution in [0.15, 0.2) is 59.9 Å². The molecule has 0 amide bonds. The third kappa shape index (κ3) is 2.24. The van der Waals surface area contributed by atoms with Gasteiger partial charge in [-0.15, -0.1) is 16.2 Å². The van der Waals surface area contributed by atoms with E-state index >= 15 is 0 Å². The molecule has 6 heteroatoms. The van der Waals surface area contributed by atoms with Gasteiger partial charge in [0.25, 0.3) is 0 Å². The van der Waals surface area contributed by atoms with Crippen LogP contribution in [0.1, 0.15) is 5.69 Å². The number of rotatable bonds is 3. The van der Waals surface area contributed by atoms with Gasteiger partial charge < -0.3 is 0 Å². The lowest BCUT2D eigenvalue weighted by atomic mass is 10.2. The summed E-state index contributed by atoms with van der Waals surface area (Å²) in [6.45, 7) is 1.93. The molecule has 0 bridgehead atoms. The summed E-state index contributed by atoms with van der Waals surface area (Å²) < 4.78 is 1.70. The lowest BCUT2D eigenvalue weighted by Crippen LogP contribution is -1.81. The summed E-state index contributed by atoms with van der Waals surface area (Å²) in [5.41, 5.74) is 3.19. The standard InChI is InChI=1S/C17H12N4OS/c1-11-15(23-17(18-11)12-7-3-2-4-8-12)14-16(20-22)21-10-6-5-9-13(21)19-14/h2-10H,1H3. The van der Waals surface area contributed by atoms with Crippen molar-refractivity contribution in [1.82, 2.24) is 14.4 Å². The van der Waals surface area contributed by atoms with E-state index in [-0.39, 0.29) is 0 Å². The Hall–Kier alpha value is -2.86. The molecular formula is C17H12N4OS. The molecule has 0 aliphatic heterocycles. The quantitative estimate of drug-likeness (QED) is 0.508. The molecule has 0 aliphatic carbocycles. The van der Waals surface area contributed by atoms with Crippen molar-refractivity contribution in [3.05, 3.63) is 65.3 Å². The first-order valence-electron chi connectivity index (χ1n) is 7.11. The summed E-state index contributed by atoms with van der Waals surface area (Å²) in [7, 11) is 0. The molecule has 0 radical (unpaired) electrons. The molecule has 1 aromatic carbocycles. The number of hydrogen-bond donors (Lipinski definition) is 0. The highest BCUT2D eigenvalue weighted by Gasteiger charge is 2.20. The van der Waals surface area contributed by atoms with Crippen LogP contribution in [0.25, 0.3) is 26.8 Å². The second-order valence-electron chi connectivity index (χ2n) is 5.10. The van der Waals surface area contributed by atoms with E-state index in [0.717, 1.165) is 21.1 Å². The van der Waals surface area contributed by atoms with Gasteiger partial charge in [0.1, 0.15) is 16.3 Å². The first kappa shape index (κ1) is 13.8. The zero-order valence-corrected chi connectivity index (χ0v) is 13.1. The van der Waals surface area contributed by atoms with E-state index in [4.69, 9.17) is 0 Å². The van der Waals surface area contributed by atoms with Crippen LogP contribution in [0, 0.1) is 11.8 Å². The van der Waals surface area contributed by atoms with Gasteiger partial charge >= 0.3 is 0 Å². The van der Waals surface area contributed by atoms with E-state index in [2.05, 4.69) is 15.1 Å². The molecule has 0 saturated carbocycles. The maximum Gasteiger partial charge on any atom is 0.210 e. The average molecular weight is 320 g/mol. The highest BCUT2D eigenvalue weighted by molar-refractivity contribution is 7.18. The Morgan fingerprint density at radius 1 is 1.04 bits per heavy atom. The van der Waals surface area contributed by atoms with E-state index < -0.39 is 0 Å². The minimum Gasteiger partial charge on any atom is -0.281 e. The van der Waals surface area contributed by atoms with Gasteiger partial charge in [-0.25, -0.2) is 9.97 Å². The number of imidazole rings is 1. The maximum atomic E-state index is 11.3. The molecule has 0 spiro atoms. The fraction of sp³-hybridized carbons (Fsp3) is 0.0588. The number of aromatic nitrogens is 3. The van der Waals surface area contributed by atoms with Crippen molar-refractivity contribution in [3.8, 4) is 21.1 Å². The molecule has 0 atom stereocenters. The summed E-state index contributed by atoms with van der Waals surface area (Å²) in [6, 6.07) is 15.6. The number of pyridine rings is 1. The minimum absolute atomic E-state index is 0.312. The van der Waals surface area contributed by atoms with E-state index in [9.17, 15) is 4.91 Å². The Bertz CT molecular complexity index is 1000. The smallest absolute Gasteiger partial charge is 0.210 e. The molecule has 0 aliphatic rings. The summed E-state index contributed by atoms with van der Waals surface area (Å²) in [4.78, 5) is 21.4. The Balaban J connectivity index is 1.92. The highest BCUT2D eigenvalue weighted by Crippen LogP contribution is 2.39. The van der Waals surface area contributed by atoms with E-state index in [1.165, 1.54) is 11.3 Å². The van der Waals surface area contributed by atoms with Gasteiger partial charge in [-0.2, -0.15) is 0 Å². The Morgan fingerprint density at radius 2 is 1.83 bits per heavy atom. The topological polar surface area (TPSA) is 59.6 Å². The average Bonchev–Trinajstić information content (AvgIpc) is 3.15. The van der Waals surface area contributed by atoms with Gasteiger partial charge in [0.2, 0.25) is 5.82 Å². The number of nitroso groups, excluding NO2 is 1. The predicted molar refractivity (Wildman–Crippen MR) is 91.9 cm³/mol. The predicted octanol–water partition coefficient (Wildman–Crippen LogP) is 4.83. The summed E-state index contributed by atoms with van der Waals surface area (Å²) in [6.07, 6.45) is 1.79. The minimum atomic E-state index is 0.312. The van der Waals surface area contributed by atoms with Gasteiger partial charge in [0.05, 0.1) is 10.6 Å². The van der Waals surface area contributed by atoms with Crippen molar-refractivity contribution in [2.24, 2.45) is 5.18 Å². The normalized spacial score (nSPS) is 11.0. The largest absolute Gasteiger partial charge is 0.281 e. The third-order valence-electron chi connectivity index (χ3n) is 3.62. The van der Waals surface area contributed by atoms with E-state index in [1.54, 1.807) is 10.6 Å². The maximum absolute atomic E-state index is 11.3. The monoisotopic (exact) mass is 320 g/mol. The van der Waals surface area contributed by atoms with Crippen molar-refractivity contribution in [3.63, 3.8) is 0 Å². The molecule has 0 saturated heterocycles. The molecular weight excluding hydrogens is 308 g/mol. The van der Waals surface area contributed by atoms with Crippen LogP contribution in [-0.4, -0.2) is 14.4 Å². The molecule has 5 nitrogen and oxygen atoms in total. The fourth-order valence-corrected chi connectivity index (χ4v) is 3.60. The van der Waals surface area contributed by atoms with Crippen LogP contribution in [0.3, 0.4) is 0 Å². The van der Waals surface area contributed by atoms with Crippen molar-refractivity contribution >= 4 is 22.8 Å². The van der Waals surface area contributed by atoms with Gasteiger partial charge in [0.15, 0.2) is 0 Å². The van der Waals surface area contributed by atoms with Crippen LogP contribution < -0.4 is 0 Å². The lowest BCUT2D eigenvalue weighted by Gasteiger charge is -1.94. The number of benzene rings is 1. The van der Waals surface area contributed by atoms with Crippen LogP contribution in [0.5, 0.6) is 0 Å². The summed E-state index contributed by atoms with van der Waals surface area (Å²) >= 11 is 1.52. The number of fused-ring (bicyclic) bond motifs is 1. The van der Waals surface area contributed by atoms with E-state index in [0.29, 0.717) is 17.2 Å². The van der Waals surface area contributed by atoms with E-state index in [1.807, 2.05) is 55.5 Å². The summed E-state index contributed by atoms with van der Waals surface area (Å²) in [5.74, 6) is 0.312. The molecule has 0 unspecified atom stereocenters. The molecule has 0 fully saturated rings. The second kappa shape index (κ2) is 5.40. The lowest BCUT2D eigenvalue weighted by molar-refractivity contribution is 1.16. The highest BCUT2D eigenvalue weighted by atomic mass is 32.1. The number of thiazole rings is 1. The molecule has 23 heavy (non-hydrogen) atoms. The fourth-order valence-electron chi connectivity index (χ4n) is 2.54.